The van der Waals surface area contributed by atoms with Gasteiger partial charge in [-0.25, -0.2) is 13.6 Å². The van der Waals surface area contributed by atoms with Crippen LogP contribution in [0.25, 0.3) is 0 Å². The lowest BCUT2D eigenvalue weighted by atomic mass is 10.1. The molecule has 0 radical (unpaired) electrons. The number of carbonyl (C=O) groups is 1. The summed E-state index contributed by atoms with van der Waals surface area (Å²) in [6.45, 7) is 2.44. The van der Waals surface area contributed by atoms with E-state index in [0.717, 1.165) is 24.1 Å². The summed E-state index contributed by atoms with van der Waals surface area (Å²) >= 11 is 0. The van der Waals surface area contributed by atoms with Gasteiger partial charge in [0, 0.05) is 31.8 Å². The number of alkyl halides is 2. The van der Waals surface area contributed by atoms with Crippen molar-refractivity contribution in [3.63, 3.8) is 0 Å². The topological polar surface area (TPSA) is 55.3 Å². The highest BCUT2D eigenvalue weighted by Crippen LogP contribution is 2.42. The molecule has 2 heterocycles. The molecule has 7 heteroatoms. The zero-order valence-electron chi connectivity index (χ0n) is 13.4. The molecule has 1 aliphatic carbocycles. The van der Waals surface area contributed by atoms with Crippen LogP contribution in [-0.4, -0.2) is 42.3 Å². The maximum Gasteiger partial charge on any atom is 0.342 e. The van der Waals surface area contributed by atoms with Gasteiger partial charge >= 0.3 is 5.97 Å². The first kappa shape index (κ1) is 16.1. The van der Waals surface area contributed by atoms with E-state index in [-0.39, 0.29) is 19.4 Å². The molecule has 1 saturated carbocycles. The highest BCUT2D eigenvalue weighted by Gasteiger charge is 2.35. The lowest BCUT2D eigenvalue weighted by Gasteiger charge is -2.24. The molecule has 0 bridgehead atoms. The molecule has 2 aliphatic rings. The molecule has 2 fully saturated rings. The van der Waals surface area contributed by atoms with Gasteiger partial charge < -0.3 is 9.64 Å². The van der Waals surface area contributed by atoms with E-state index in [2.05, 4.69) is 10.2 Å². The summed E-state index contributed by atoms with van der Waals surface area (Å²) in [6.07, 6.45) is 2.08. The number of rotatable bonds is 3. The summed E-state index contributed by atoms with van der Waals surface area (Å²) in [6, 6.07) is 0. The second-order valence-corrected chi connectivity index (χ2v) is 6.37. The Hall–Kier alpha value is -1.79. The van der Waals surface area contributed by atoms with E-state index in [0.29, 0.717) is 30.3 Å². The quantitative estimate of drug-likeness (QED) is 0.800. The number of carbonyl (C=O) groups excluding carboxylic acids is 1. The Kier molecular flexibility index (Phi) is 4.21. The van der Waals surface area contributed by atoms with Gasteiger partial charge in [0.2, 0.25) is 5.92 Å². The minimum Gasteiger partial charge on any atom is -0.465 e. The molecule has 1 aliphatic heterocycles. The van der Waals surface area contributed by atoms with Gasteiger partial charge in [-0.3, -0.25) is 0 Å². The second-order valence-electron chi connectivity index (χ2n) is 6.37. The molecular weight excluding hydrogens is 304 g/mol. The molecule has 0 amide bonds. The molecular formula is C16H21F2N3O2. The molecule has 1 saturated heterocycles. The lowest BCUT2D eigenvalue weighted by Crippen LogP contribution is -2.29. The average Bonchev–Trinajstić information content (AvgIpc) is 3.34. The SMILES string of the molecule is COC(=O)c1c(N2CCCC(F)(F)CC2)nnc(C2CC2)c1C. The molecule has 1 aromatic heterocycles. The molecule has 0 aromatic carbocycles. The molecule has 0 unspecified atom stereocenters. The van der Waals surface area contributed by atoms with Crippen molar-refractivity contribution in [1.29, 1.82) is 0 Å². The fourth-order valence-electron chi connectivity index (χ4n) is 3.11. The van der Waals surface area contributed by atoms with Gasteiger partial charge in [0.1, 0.15) is 5.56 Å². The van der Waals surface area contributed by atoms with Crippen molar-refractivity contribution in [2.75, 3.05) is 25.1 Å². The molecule has 126 valence electrons. The zero-order valence-corrected chi connectivity index (χ0v) is 13.4. The van der Waals surface area contributed by atoms with Crippen LogP contribution in [0.15, 0.2) is 0 Å². The third-order valence-electron chi connectivity index (χ3n) is 4.61. The van der Waals surface area contributed by atoms with Crippen LogP contribution in [0.4, 0.5) is 14.6 Å². The Labute approximate surface area is 134 Å². The van der Waals surface area contributed by atoms with Gasteiger partial charge in [0.15, 0.2) is 5.82 Å². The standard InChI is InChI=1S/C16H21F2N3O2/c1-10-12(15(22)23-2)14(20-19-13(10)11-4-5-11)21-8-3-6-16(17,18)7-9-21/h11H,3-9H2,1-2H3. The number of hydrogen-bond acceptors (Lipinski definition) is 5. The van der Waals surface area contributed by atoms with Crippen molar-refractivity contribution in [3.05, 3.63) is 16.8 Å². The number of esters is 1. The van der Waals surface area contributed by atoms with E-state index in [1.165, 1.54) is 7.11 Å². The molecule has 1 aromatic rings. The van der Waals surface area contributed by atoms with Gasteiger partial charge in [-0.2, -0.15) is 5.10 Å². The van der Waals surface area contributed by atoms with Crippen molar-refractivity contribution >= 4 is 11.8 Å². The van der Waals surface area contributed by atoms with Crippen LogP contribution in [-0.2, 0) is 4.74 Å². The summed E-state index contributed by atoms with van der Waals surface area (Å²) in [5.74, 6) is -2.41. The Morgan fingerprint density at radius 3 is 2.65 bits per heavy atom. The van der Waals surface area contributed by atoms with Gasteiger partial charge in [-0.15, -0.1) is 5.10 Å². The van der Waals surface area contributed by atoms with Crippen LogP contribution in [0.2, 0.25) is 0 Å². The van der Waals surface area contributed by atoms with Crippen LogP contribution >= 0.6 is 0 Å². The molecule has 0 atom stereocenters. The van der Waals surface area contributed by atoms with Crippen molar-refractivity contribution < 1.29 is 18.3 Å². The van der Waals surface area contributed by atoms with Crippen LogP contribution in [0.5, 0.6) is 0 Å². The number of hydrogen-bond donors (Lipinski definition) is 0. The molecule has 3 rings (SSSR count). The van der Waals surface area contributed by atoms with E-state index in [1.807, 2.05) is 6.92 Å². The normalized spacial score (nSPS) is 21.0. The third kappa shape index (κ3) is 3.28. The fraction of sp³-hybridized carbons (Fsp3) is 0.688. The number of ether oxygens (including phenoxy) is 1. The van der Waals surface area contributed by atoms with E-state index in [9.17, 15) is 13.6 Å². The Morgan fingerprint density at radius 2 is 2.00 bits per heavy atom. The van der Waals surface area contributed by atoms with Crippen LogP contribution < -0.4 is 4.90 Å². The van der Waals surface area contributed by atoms with Gasteiger partial charge in [0.05, 0.1) is 12.8 Å². The maximum atomic E-state index is 13.6. The Morgan fingerprint density at radius 1 is 1.26 bits per heavy atom. The molecule has 0 spiro atoms. The maximum absolute atomic E-state index is 13.6. The van der Waals surface area contributed by atoms with E-state index in [4.69, 9.17) is 4.74 Å². The van der Waals surface area contributed by atoms with Gasteiger partial charge in [-0.05, 0) is 31.7 Å². The first-order chi connectivity index (χ1) is 10.9. The second kappa shape index (κ2) is 6.02. The highest BCUT2D eigenvalue weighted by atomic mass is 19.3. The van der Waals surface area contributed by atoms with E-state index in [1.54, 1.807) is 4.90 Å². The predicted octanol–water partition coefficient (Wildman–Crippen LogP) is 3.07. The number of methoxy groups -OCH3 is 1. The van der Waals surface area contributed by atoms with Gasteiger partial charge in [-0.1, -0.05) is 0 Å². The summed E-state index contributed by atoms with van der Waals surface area (Å²) < 4.78 is 32.1. The lowest BCUT2D eigenvalue weighted by molar-refractivity contribution is -0.0102. The number of anilines is 1. The largest absolute Gasteiger partial charge is 0.465 e. The minimum atomic E-state index is -2.66. The Balaban J connectivity index is 1.97. The summed E-state index contributed by atoms with van der Waals surface area (Å²) in [4.78, 5) is 14.0. The van der Waals surface area contributed by atoms with Crippen LogP contribution in [0.1, 0.15) is 59.6 Å². The summed E-state index contributed by atoms with van der Waals surface area (Å²) in [5.41, 5.74) is 1.96. The Bertz CT molecular complexity index is 618. The number of aromatic nitrogens is 2. The molecule has 0 N–H and O–H groups in total. The first-order valence-electron chi connectivity index (χ1n) is 8.01. The fourth-order valence-corrected chi connectivity index (χ4v) is 3.11. The first-order valence-corrected chi connectivity index (χ1v) is 8.01. The van der Waals surface area contributed by atoms with E-state index < -0.39 is 11.9 Å². The van der Waals surface area contributed by atoms with Crippen molar-refractivity contribution in [2.24, 2.45) is 0 Å². The molecule has 23 heavy (non-hydrogen) atoms. The third-order valence-corrected chi connectivity index (χ3v) is 4.61. The van der Waals surface area contributed by atoms with Gasteiger partial charge in [0.25, 0.3) is 0 Å². The van der Waals surface area contributed by atoms with Crippen molar-refractivity contribution in [2.45, 2.75) is 50.9 Å². The van der Waals surface area contributed by atoms with Crippen LogP contribution in [0, 0.1) is 6.92 Å². The zero-order chi connectivity index (χ0) is 16.6. The molecule has 5 nitrogen and oxygen atoms in total. The number of halogens is 2. The average molecular weight is 325 g/mol. The van der Waals surface area contributed by atoms with Crippen molar-refractivity contribution in [1.82, 2.24) is 10.2 Å². The highest BCUT2D eigenvalue weighted by molar-refractivity contribution is 5.96. The predicted molar refractivity (Wildman–Crippen MR) is 81.1 cm³/mol. The van der Waals surface area contributed by atoms with E-state index >= 15 is 0 Å². The summed E-state index contributed by atoms with van der Waals surface area (Å²) in [7, 11) is 1.32. The summed E-state index contributed by atoms with van der Waals surface area (Å²) in [5, 5.41) is 8.49. The monoisotopic (exact) mass is 325 g/mol. The minimum absolute atomic E-state index is 0.135. The number of nitrogens with zero attached hydrogens (tertiary/aromatic N) is 3. The van der Waals surface area contributed by atoms with Crippen molar-refractivity contribution in [3.8, 4) is 0 Å². The smallest absolute Gasteiger partial charge is 0.342 e. The van der Waals surface area contributed by atoms with Crippen LogP contribution in [0.3, 0.4) is 0 Å².